The maximum absolute atomic E-state index is 8.99. The maximum Gasteiger partial charge on any atom is 0.136 e. The zero-order chi connectivity index (χ0) is 17.1. The Morgan fingerprint density at radius 3 is 2.67 bits per heavy atom. The Kier molecular flexibility index (Phi) is 4.18. The van der Waals surface area contributed by atoms with Crippen LogP contribution < -0.4 is 4.74 Å². The summed E-state index contributed by atoms with van der Waals surface area (Å²) in [5.74, 6) is 1.47. The fraction of sp³-hybridized carbons (Fsp3) is 0.211. The highest BCUT2D eigenvalue weighted by Crippen LogP contribution is 2.45. The van der Waals surface area contributed by atoms with Crippen molar-refractivity contribution < 1.29 is 4.74 Å². The van der Waals surface area contributed by atoms with Gasteiger partial charge in [0.2, 0.25) is 0 Å². The minimum absolute atomic E-state index is 0.0829. The molecule has 1 aromatic rings. The van der Waals surface area contributed by atoms with E-state index in [9.17, 15) is 0 Å². The van der Waals surface area contributed by atoms with Crippen molar-refractivity contribution in [2.24, 2.45) is 4.99 Å². The van der Waals surface area contributed by atoms with E-state index in [4.69, 9.17) is 15.3 Å². The molecule has 1 aromatic carbocycles. The first-order valence-corrected chi connectivity index (χ1v) is 7.60. The molecule has 0 N–H and O–H groups in total. The van der Waals surface area contributed by atoms with Gasteiger partial charge >= 0.3 is 0 Å². The van der Waals surface area contributed by atoms with Crippen molar-refractivity contribution in [3.63, 3.8) is 0 Å². The van der Waals surface area contributed by atoms with Gasteiger partial charge in [0.1, 0.15) is 29.2 Å². The van der Waals surface area contributed by atoms with E-state index in [0.29, 0.717) is 0 Å². The van der Waals surface area contributed by atoms with Crippen LogP contribution in [0.2, 0.25) is 0 Å². The van der Waals surface area contributed by atoms with Gasteiger partial charge in [-0.1, -0.05) is 12.1 Å². The van der Waals surface area contributed by atoms with Gasteiger partial charge in [0, 0.05) is 25.2 Å². The molecule has 2 aliphatic rings. The Bertz CT molecular complexity index is 873. The van der Waals surface area contributed by atoms with E-state index < -0.39 is 0 Å². The molecule has 0 fully saturated rings. The molecule has 118 valence electrons. The molecular weight excluding hydrogens is 300 g/mol. The van der Waals surface area contributed by atoms with Gasteiger partial charge < -0.3 is 9.64 Å². The topological polar surface area (TPSA) is 72.4 Å². The molecule has 3 rings (SSSR count). The van der Waals surface area contributed by atoms with Crippen LogP contribution in [0.25, 0.3) is 5.70 Å². The zero-order valence-corrected chi connectivity index (χ0v) is 13.6. The number of aliphatic imine (C=N–C) groups is 1. The third-order valence-electron chi connectivity index (χ3n) is 3.83. The quantitative estimate of drug-likeness (QED) is 0.487. The molecule has 24 heavy (non-hydrogen) atoms. The minimum Gasteiger partial charge on any atom is -0.456 e. The van der Waals surface area contributed by atoms with Crippen LogP contribution >= 0.6 is 0 Å². The lowest BCUT2D eigenvalue weighted by Gasteiger charge is -2.22. The molecule has 0 radical (unpaired) electrons. The van der Waals surface area contributed by atoms with Gasteiger partial charge in [-0.25, -0.2) is 4.99 Å². The monoisotopic (exact) mass is 316 g/mol. The van der Waals surface area contributed by atoms with Crippen molar-refractivity contribution in [2.75, 3.05) is 14.1 Å². The first kappa shape index (κ1) is 15.6. The summed E-state index contributed by atoms with van der Waals surface area (Å²) in [6, 6.07) is 11.6. The summed E-state index contributed by atoms with van der Waals surface area (Å²) in [7, 11) is 3.84. The third-order valence-corrected chi connectivity index (χ3v) is 3.83. The van der Waals surface area contributed by atoms with Crippen LogP contribution in [-0.2, 0) is 0 Å². The lowest BCUT2D eigenvalue weighted by Crippen LogP contribution is -2.11. The molecule has 0 aromatic heterocycles. The van der Waals surface area contributed by atoms with Crippen LogP contribution in [0.15, 0.2) is 57.8 Å². The minimum atomic E-state index is 0.0829. The smallest absolute Gasteiger partial charge is 0.136 e. The molecule has 0 atom stereocenters. The second-order valence-electron chi connectivity index (χ2n) is 5.77. The summed E-state index contributed by atoms with van der Waals surface area (Å²) in [6.07, 6.45) is 4.89. The van der Waals surface area contributed by atoms with Crippen molar-refractivity contribution in [3.05, 3.63) is 58.4 Å². The van der Waals surface area contributed by atoms with Gasteiger partial charge in [0.05, 0.1) is 12.0 Å². The normalized spacial score (nSPS) is 15.3. The highest BCUT2D eigenvalue weighted by Gasteiger charge is 2.30. The number of hydrogen-bond donors (Lipinski definition) is 0. The second-order valence-corrected chi connectivity index (χ2v) is 5.77. The lowest BCUT2D eigenvalue weighted by molar-refractivity contribution is 0.429. The molecule has 0 amide bonds. The van der Waals surface area contributed by atoms with Crippen molar-refractivity contribution in [1.29, 1.82) is 10.5 Å². The highest BCUT2D eigenvalue weighted by molar-refractivity contribution is 5.83. The maximum atomic E-state index is 8.99. The Labute approximate surface area is 141 Å². The van der Waals surface area contributed by atoms with Crippen LogP contribution in [0.3, 0.4) is 0 Å². The number of ether oxygens (including phenoxy) is 1. The number of hydrogen-bond acceptors (Lipinski definition) is 4. The standard InChI is InChI=1S/C19H16N4O/c1-23(2)12-22-18-15-5-3-4-6-17(15)24-19-14(7-8-16(18)19)9-13(10-20)11-21/h3-6,9,12H,7-8H2,1-2H3. The van der Waals surface area contributed by atoms with Crippen LogP contribution in [0.1, 0.15) is 18.4 Å². The van der Waals surface area contributed by atoms with E-state index in [2.05, 4.69) is 4.99 Å². The third kappa shape index (κ3) is 2.80. The number of fused-ring (bicyclic) bond motifs is 2. The Morgan fingerprint density at radius 1 is 1.21 bits per heavy atom. The molecule has 0 bridgehead atoms. The summed E-state index contributed by atoms with van der Waals surface area (Å²) in [5, 5.41) is 18.0. The summed E-state index contributed by atoms with van der Waals surface area (Å²) < 4.78 is 6.07. The fourth-order valence-electron chi connectivity index (χ4n) is 2.78. The molecule has 1 aliphatic carbocycles. The number of rotatable bonds is 3. The van der Waals surface area contributed by atoms with Crippen molar-refractivity contribution in [1.82, 2.24) is 4.90 Å². The van der Waals surface area contributed by atoms with E-state index in [0.717, 1.165) is 46.8 Å². The number of nitrogens with zero attached hydrogens (tertiary/aromatic N) is 4. The molecule has 0 saturated carbocycles. The summed E-state index contributed by atoms with van der Waals surface area (Å²) in [5.41, 5.74) is 3.82. The summed E-state index contributed by atoms with van der Waals surface area (Å²) in [6.45, 7) is 0. The van der Waals surface area contributed by atoms with Gasteiger partial charge in [0.15, 0.2) is 0 Å². The van der Waals surface area contributed by atoms with Gasteiger partial charge in [-0.05, 0) is 36.6 Å². The predicted octanol–water partition coefficient (Wildman–Crippen LogP) is 3.40. The number of nitriles is 2. The van der Waals surface area contributed by atoms with Crippen molar-refractivity contribution in [2.45, 2.75) is 12.8 Å². The number of allylic oxidation sites excluding steroid dienone is 4. The van der Waals surface area contributed by atoms with Gasteiger partial charge in [-0.2, -0.15) is 10.5 Å². The first-order chi connectivity index (χ1) is 11.6. The Balaban J connectivity index is 2.17. The van der Waals surface area contributed by atoms with E-state index in [1.54, 1.807) is 12.4 Å². The molecule has 0 saturated heterocycles. The Morgan fingerprint density at radius 2 is 1.96 bits per heavy atom. The van der Waals surface area contributed by atoms with Gasteiger partial charge in [0.25, 0.3) is 0 Å². The van der Waals surface area contributed by atoms with Crippen LogP contribution in [-0.4, -0.2) is 25.3 Å². The summed E-state index contributed by atoms with van der Waals surface area (Å²) in [4.78, 5) is 6.52. The molecule has 0 spiro atoms. The predicted molar refractivity (Wildman–Crippen MR) is 91.7 cm³/mol. The largest absolute Gasteiger partial charge is 0.456 e. The number of benzene rings is 1. The molecule has 5 heteroatoms. The zero-order valence-electron chi connectivity index (χ0n) is 13.6. The summed E-state index contributed by atoms with van der Waals surface area (Å²) >= 11 is 0. The van der Waals surface area contributed by atoms with E-state index in [1.165, 1.54) is 0 Å². The average Bonchev–Trinajstić information content (AvgIpc) is 2.98. The first-order valence-electron chi connectivity index (χ1n) is 7.60. The molecule has 0 unspecified atom stereocenters. The lowest BCUT2D eigenvalue weighted by atomic mass is 10.0. The average molecular weight is 316 g/mol. The fourth-order valence-corrected chi connectivity index (χ4v) is 2.78. The van der Waals surface area contributed by atoms with Gasteiger partial charge in [-0.15, -0.1) is 0 Å². The molecular formula is C19H16N4O. The Hall–Kier alpha value is -3.31. The van der Waals surface area contributed by atoms with E-state index in [-0.39, 0.29) is 5.57 Å². The van der Waals surface area contributed by atoms with E-state index in [1.807, 2.05) is 55.4 Å². The SMILES string of the molecule is CN(C)C=NC1=C2CCC(C=C(C#N)C#N)=C2Oc2ccccc21. The number of para-hydroxylation sites is 1. The van der Waals surface area contributed by atoms with Crippen molar-refractivity contribution in [3.8, 4) is 17.9 Å². The molecule has 1 aliphatic heterocycles. The van der Waals surface area contributed by atoms with E-state index >= 15 is 0 Å². The molecule has 5 nitrogen and oxygen atoms in total. The highest BCUT2D eigenvalue weighted by atomic mass is 16.5. The van der Waals surface area contributed by atoms with Gasteiger partial charge in [-0.3, -0.25) is 0 Å². The molecule has 1 heterocycles. The van der Waals surface area contributed by atoms with Crippen LogP contribution in [0.4, 0.5) is 0 Å². The van der Waals surface area contributed by atoms with Crippen LogP contribution in [0, 0.1) is 22.7 Å². The van der Waals surface area contributed by atoms with Crippen LogP contribution in [0.5, 0.6) is 5.75 Å². The van der Waals surface area contributed by atoms with Crippen molar-refractivity contribution >= 4 is 12.0 Å². The second kappa shape index (κ2) is 6.44.